The van der Waals surface area contributed by atoms with Crippen LogP contribution >= 0.6 is 11.3 Å². The SMILES string of the molecule is COc1ccc([C@H](c2sc3nc(C)nn3c2O)[NH+]2CCCCC2)cc1. The van der Waals surface area contributed by atoms with Crippen molar-refractivity contribution in [3.8, 4) is 11.6 Å². The van der Waals surface area contributed by atoms with Crippen molar-refractivity contribution in [2.75, 3.05) is 20.2 Å². The van der Waals surface area contributed by atoms with Crippen molar-refractivity contribution < 1.29 is 14.7 Å². The van der Waals surface area contributed by atoms with E-state index in [0.717, 1.165) is 28.7 Å². The second kappa shape index (κ2) is 6.65. The minimum atomic E-state index is 0.0972. The van der Waals surface area contributed by atoms with Gasteiger partial charge in [-0.05, 0) is 50.5 Å². The maximum Gasteiger partial charge on any atom is 0.235 e. The standard InChI is InChI=1S/C18H22N4O2S/c1-12-19-18-22(20-12)17(23)16(25-18)15(21-10-4-3-5-11-21)13-6-8-14(24-2)9-7-13/h6-9,15,23H,3-5,10-11H2,1-2H3/p+1/t15-/m1/s1. The average Bonchev–Trinajstić information content (AvgIpc) is 3.15. The van der Waals surface area contributed by atoms with Crippen LogP contribution in [0.3, 0.4) is 0 Å². The van der Waals surface area contributed by atoms with Gasteiger partial charge in [-0.3, -0.25) is 0 Å². The van der Waals surface area contributed by atoms with E-state index in [1.807, 2.05) is 19.1 Å². The van der Waals surface area contributed by atoms with Crippen molar-refractivity contribution in [1.29, 1.82) is 0 Å². The lowest BCUT2D eigenvalue weighted by Crippen LogP contribution is -3.13. The number of aromatic hydroxyl groups is 1. The van der Waals surface area contributed by atoms with Crippen molar-refractivity contribution in [2.45, 2.75) is 32.2 Å². The lowest BCUT2D eigenvalue weighted by Gasteiger charge is -2.31. The molecule has 6 nitrogen and oxygen atoms in total. The molecule has 7 heteroatoms. The molecule has 4 rings (SSSR count). The Labute approximate surface area is 150 Å². The molecule has 1 fully saturated rings. The second-order valence-corrected chi connectivity index (χ2v) is 7.58. The number of rotatable bonds is 4. The largest absolute Gasteiger partial charge is 0.497 e. The molecule has 132 valence electrons. The Bertz CT molecular complexity index is 865. The van der Waals surface area contributed by atoms with Crippen LogP contribution in [0.1, 0.15) is 41.6 Å². The summed E-state index contributed by atoms with van der Waals surface area (Å²) in [6, 6.07) is 8.28. The molecule has 0 bridgehead atoms. The smallest absolute Gasteiger partial charge is 0.235 e. The minimum absolute atomic E-state index is 0.0972. The third kappa shape index (κ3) is 2.98. The highest BCUT2D eigenvalue weighted by Crippen LogP contribution is 2.35. The summed E-state index contributed by atoms with van der Waals surface area (Å²) in [5.41, 5.74) is 1.19. The van der Waals surface area contributed by atoms with Crippen LogP contribution in [-0.2, 0) is 0 Å². The van der Waals surface area contributed by atoms with Gasteiger partial charge in [-0.25, -0.2) is 4.98 Å². The number of ether oxygens (including phenoxy) is 1. The van der Waals surface area contributed by atoms with E-state index < -0.39 is 0 Å². The lowest BCUT2D eigenvalue weighted by atomic mass is 10.0. The third-order valence-corrected chi connectivity index (χ3v) is 6.01. The van der Waals surface area contributed by atoms with Crippen LogP contribution in [0.2, 0.25) is 0 Å². The number of aryl methyl sites for hydroxylation is 1. The summed E-state index contributed by atoms with van der Waals surface area (Å²) >= 11 is 1.54. The first kappa shape index (κ1) is 16.4. The highest BCUT2D eigenvalue weighted by molar-refractivity contribution is 7.17. The summed E-state index contributed by atoms with van der Waals surface area (Å²) < 4.78 is 6.86. The number of hydrogen-bond acceptors (Lipinski definition) is 5. The number of fused-ring (bicyclic) bond motifs is 1. The summed E-state index contributed by atoms with van der Waals surface area (Å²) in [5.74, 6) is 1.75. The molecule has 1 aromatic carbocycles. The number of thiazole rings is 1. The van der Waals surface area contributed by atoms with Crippen LogP contribution in [0.25, 0.3) is 4.96 Å². The molecule has 0 saturated carbocycles. The monoisotopic (exact) mass is 359 g/mol. The van der Waals surface area contributed by atoms with Crippen molar-refractivity contribution in [2.24, 2.45) is 0 Å². The molecule has 1 atom stereocenters. The molecular weight excluding hydrogens is 336 g/mol. The number of nitrogens with one attached hydrogen (secondary N) is 1. The van der Waals surface area contributed by atoms with E-state index in [-0.39, 0.29) is 11.9 Å². The zero-order valence-corrected chi connectivity index (χ0v) is 15.3. The topological polar surface area (TPSA) is 64.1 Å². The Kier molecular flexibility index (Phi) is 4.35. The molecule has 25 heavy (non-hydrogen) atoms. The third-order valence-electron chi connectivity index (χ3n) is 4.92. The Hall–Kier alpha value is -2.12. The van der Waals surface area contributed by atoms with Crippen molar-refractivity contribution >= 4 is 16.3 Å². The fourth-order valence-corrected chi connectivity index (χ4v) is 4.89. The molecule has 1 aliphatic rings. The molecule has 0 spiro atoms. The van der Waals surface area contributed by atoms with E-state index in [2.05, 4.69) is 22.2 Å². The van der Waals surface area contributed by atoms with Gasteiger partial charge in [-0.15, -0.1) is 5.10 Å². The van der Waals surface area contributed by atoms with Gasteiger partial charge in [-0.2, -0.15) is 4.52 Å². The lowest BCUT2D eigenvalue weighted by molar-refractivity contribution is -0.929. The zero-order valence-electron chi connectivity index (χ0n) is 14.5. The summed E-state index contributed by atoms with van der Waals surface area (Å²) in [6.45, 7) is 4.07. The molecule has 0 radical (unpaired) electrons. The van der Waals surface area contributed by atoms with Crippen molar-refractivity contribution in [3.05, 3.63) is 40.5 Å². The molecule has 0 amide bonds. The van der Waals surface area contributed by atoms with Crippen molar-refractivity contribution in [3.63, 3.8) is 0 Å². The zero-order chi connectivity index (χ0) is 17.4. The fraction of sp³-hybridized carbons (Fsp3) is 0.444. The normalized spacial score (nSPS) is 17.0. The molecule has 2 N–H and O–H groups in total. The summed E-state index contributed by atoms with van der Waals surface area (Å²) in [6.07, 6.45) is 3.74. The van der Waals surface area contributed by atoms with Crippen LogP contribution in [-0.4, -0.2) is 39.9 Å². The summed E-state index contributed by atoms with van der Waals surface area (Å²) in [5, 5.41) is 15.1. The van der Waals surface area contributed by atoms with Crippen LogP contribution < -0.4 is 9.64 Å². The van der Waals surface area contributed by atoms with E-state index in [1.54, 1.807) is 11.6 Å². The van der Waals surface area contributed by atoms with Gasteiger partial charge in [0.05, 0.1) is 20.2 Å². The van der Waals surface area contributed by atoms with Crippen LogP contribution in [0, 0.1) is 6.92 Å². The number of nitrogens with zero attached hydrogens (tertiary/aromatic N) is 3. The van der Waals surface area contributed by atoms with Crippen LogP contribution in [0.15, 0.2) is 24.3 Å². The highest BCUT2D eigenvalue weighted by atomic mass is 32.1. The predicted molar refractivity (Wildman–Crippen MR) is 96.7 cm³/mol. The molecule has 3 aromatic rings. The van der Waals surface area contributed by atoms with Gasteiger partial charge in [0, 0.05) is 5.56 Å². The van der Waals surface area contributed by atoms with Gasteiger partial charge in [0.2, 0.25) is 10.8 Å². The first-order valence-corrected chi connectivity index (χ1v) is 9.52. The predicted octanol–water partition coefficient (Wildman–Crippen LogP) is 1.97. The van der Waals surface area contributed by atoms with Crippen LogP contribution in [0.4, 0.5) is 0 Å². The quantitative estimate of drug-likeness (QED) is 0.748. The maximum absolute atomic E-state index is 10.8. The Morgan fingerprint density at radius 2 is 1.92 bits per heavy atom. The van der Waals surface area contributed by atoms with Gasteiger partial charge in [0.1, 0.15) is 16.5 Å². The van der Waals surface area contributed by atoms with E-state index in [1.165, 1.54) is 41.1 Å². The molecule has 1 aliphatic heterocycles. The molecule has 1 saturated heterocycles. The molecular formula is C18H23N4O2S+. The summed E-state index contributed by atoms with van der Waals surface area (Å²) in [4.78, 5) is 7.61. The molecule has 3 heterocycles. The number of aromatic nitrogens is 3. The molecule has 0 aliphatic carbocycles. The minimum Gasteiger partial charge on any atom is -0.497 e. The van der Waals surface area contributed by atoms with E-state index >= 15 is 0 Å². The number of quaternary nitrogens is 1. The number of piperidine rings is 1. The first-order chi connectivity index (χ1) is 12.2. The number of benzene rings is 1. The Morgan fingerprint density at radius 3 is 2.56 bits per heavy atom. The second-order valence-electron chi connectivity index (χ2n) is 6.57. The van der Waals surface area contributed by atoms with E-state index in [0.29, 0.717) is 5.82 Å². The van der Waals surface area contributed by atoms with Gasteiger partial charge < -0.3 is 14.7 Å². The van der Waals surface area contributed by atoms with Gasteiger partial charge >= 0.3 is 0 Å². The average molecular weight is 359 g/mol. The summed E-state index contributed by atoms with van der Waals surface area (Å²) in [7, 11) is 1.68. The first-order valence-electron chi connectivity index (χ1n) is 8.71. The fourth-order valence-electron chi connectivity index (χ4n) is 3.70. The maximum atomic E-state index is 10.8. The van der Waals surface area contributed by atoms with Gasteiger partial charge in [0.15, 0.2) is 6.04 Å². The Balaban J connectivity index is 1.80. The van der Waals surface area contributed by atoms with Crippen LogP contribution in [0.5, 0.6) is 11.6 Å². The van der Waals surface area contributed by atoms with E-state index in [9.17, 15) is 5.11 Å². The van der Waals surface area contributed by atoms with Crippen molar-refractivity contribution in [1.82, 2.24) is 14.6 Å². The van der Waals surface area contributed by atoms with E-state index in [4.69, 9.17) is 4.74 Å². The molecule has 0 unspecified atom stereocenters. The molecule has 2 aromatic heterocycles. The number of likely N-dealkylation sites (tertiary alicyclic amines) is 1. The number of hydrogen-bond donors (Lipinski definition) is 2. The highest BCUT2D eigenvalue weighted by Gasteiger charge is 2.33. The van der Waals surface area contributed by atoms with Gasteiger partial charge in [-0.1, -0.05) is 11.3 Å². The Morgan fingerprint density at radius 1 is 1.20 bits per heavy atom. The van der Waals surface area contributed by atoms with Gasteiger partial charge in [0.25, 0.3) is 0 Å². The number of methoxy groups -OCH3 is 1.